The molecule has 0 amide bonds. The SMILES string of the molecule is CC(C)(C)NCCn1nnnc1SCc1ccc(I)cc1. The van der Waals surface area contributed by atoms with Gasteiger partial charge in [-0.1, -0.05) is 23.9 Å². The lowest BCUT2D eigenvalue weighted by molar-refractivity contribution is 0.396. The van der Waals surface area contributed by atoms with E-state index >= 15 is 0 Å². The number of hydrogen-bond donors (Lipinski definition) is 1. The first-order valence-corrected chi connectivity index (χ1v) is 8.89. The Hall–Kier alpha value is -0.670. The fourth-order valence-corrected chi connectivity index (χ4v) is 2.92. The number of halogens is 1. The molecule has 0 saturated heterocycles. The van der Waals surface area contributed by atoms with Gasteiger partial charge in [-0.05, 0) is 71.5 Å². The fraction of sp³-hybridized carbons (Fsp3) is 0.500. The van der Waals surface area contributed by atoms with Crippen molar-refractivity contribution in [1.29, 1.82) is 0 Å². The molecule has 1 aromatic carbocycles. The standard InChI is InChI=1S/C14H20IN5S/c1-14(2,3)16-8-9-20-13(17-18-19-20)21-10-11-4-6-12(15)7-5-11/h4-7,16H,8-10H2,1-3H3. The average molecular weight is 417 g/mol. The highest BCUT2D eigenvalue weighted by molar-refractivity contribution is 14.1. The minimum atomic E-state index is 0.114. The highest BCUT2D eigenvalue weighted by Crippen LogP contribution is 2.20. The predicted octanol–water partition coefficient (Wildman–Crippen LogP) is 2.96. The van der Waals surface area contributed by atoms with Crippen molar-refractivity contribution in [2.24, 2.45) is 0 Å². The molecule has 0 fully saturated rings. The second-order valence-corrected chi connectivity index (χ2v) is 7.96. The molecule has 1 N–H and O–H groups in total. The molecule has 7 heteroatoms. The molecule has 0 saturated carbocycles. The third-order valence-electron chi connectivity index (χ3n) is 2.76. The number of thioether (sulfide) groups is 1. The maximum Gasteiger partial charge on any atom is 0.209 e. The zero-order valence-electron chi connectivity index (χ0n) is 12.5. The Labute approximate surface area is 143 Å². The Morgan fingerprint density at radius 3 is 2.62 bits per heavy atom. The van der Waals surface area contributed by atoms with E-state index in [4.69, 9.17) is 0 Å². The molecular formula is C14H20IN5S. The summed E-state index contributed by atoms with van der Waals surface area (Å²) in [5, 5.41) is 16.2. The molecule has 0 aliphatic rings. The summed E-state index contributed by atoms with van der Waals surface area (Å²) in [5.41, 5.74) is 1.39. The summed E-state index contributed by atoms with van der Waals surface area (Å²) < 4.78 is 3.11. The first-order chi connectivity index (χ1) is 9.94. The number of aromatic nitrogens is 4. The van der Waals surface area contributed by atoms with E-state index in [0.29, 0.717) is 0 Å². The third kappa shape index (κ3) is 5.91. The third-order valence-corrected chi connectivity index (χ3v) is 4.51. The summed E-state index contributed by atoms with van der Waals surface area (Å²) in [6.07, 6.45) is 0. The quantitative estimate of drug-likeness (QED) is 0.579. The van der Waals surface area contributed by atoms with Crippen molar-refractivity contribution < 1.29 is 0 Å². The van der Waals surface area contributed by atoms with Crippen LogP contribution in [0.4, 0.5) is 0 Å². The van der Waals surface area contributed by atoms with Crippen LogP contribution >= 0.6 is 34.4 Å². The van der Waals surface area contributed by atoms with Crippen LogP contribution in [0.2, 0.25) is 0 Å². The summed E-state index contributed by atoms with van der Waals surface area (Å²) in [6.45, 7) is 8.09. The minimum Gasteiger partial charge on any atom is -0.310 e. The van der Waals surface area contributed by atoms with Gasteiger partial charge in [0.2, 0.25) is 5.16 Å². The maximum atomic E-state index is 4.10. The van der Waals surface area contributed by atoms with Gasteiger partial charge in [0.15, 0.2) is 0 Å². The van der Waals surface area contributed by atoms with Crippen molar-refractivity contribution in [3.8, 4) is 0 Å². The molecule has 1 heterocycles. The largest absolute Gasteiger partial charge is 0.310 e. The van der Waals surface area contributed by atoms with Crippen molar-refractivity contribution in [1.82, 2.24) is 25.5 Å². The van der Waals surface area contributed by atoms with Gasteiger partial charge in [-0.25, -0.2) is 4.68 Å². The van der Waals surface area contributed by atoms with Crippen LogP contribution in [0.25, 0.3) is 0 Å². The average Bonchev–Trinajstić information content (AvgIpc) is 2.84. The van der Waals surface area contributed by atoms with Gasteiger partial charge in [0.25, 0.3) is 0 Å². The Morgan fingerprint density at radius 1 is 1.24 bits per heavy atom. The summed E-state index contributed by atoms with van der Waals surface area (Å²) in [7, 11) is 0. The molecule has 0 aliphatic heterocycles. The number of rotatable bonds is 6. The topological polar surface area (TPSA) is 55.6 Å². The van der Waals surface area contributed by atoms with Crippen LogP contribution in [0.1, 0.15) is 26.3 Å². The Morgan fingerprint density at radius 2 is 1.95 bits per heavy atom. The highest BCUT2D eigenvalue weighted by atomic mass is 127. The molecule has 2 rings (SSSR count). The van der Waals surface area contributed by atoms with Gasteiger partial charge in [-0.2, -0.15) is 0 Å². The second kappa shape index (κ2) is 7.55. The summed E-state index contributed by atoms with van der Waals surface area (Å²) in [4.78, 5) is 0. The van der Waals surface area contributed by atoms with Crippen LogP contribution in [0.15, 0.2) is 29.4 Å². The Kier molecular flexibility index (Phi) is 6.00. The summed E-state index contributed by atoms with van der Waals surface area (Å²) in [5.74, 6) is 0.879. The van der Waals surface area contributed by atoms with E-state index in [2.05, 4.69) is 88.5 Å². The van der Waals surface area contributed by atoms with Gasteiger partial charge in [-0.3, -0.25) is 0 Å². The van der Waals surface area contributed by atoms with E-state index in [1.807, 2.05) is 4.68 Å². The Bertz CT molecular complexity index is 561. The molecule has 5 nitrogen and oxygen atoms in total. The first kappa shape index (κ1) is 16.7. The molecule has 1 aromatic heterocycles. The van der Waals surface area contributed by atoms with E-state index in [1.54, 1.807) is 11.8 Å². The van der Waals surface area contributed by atoms with E-state index in [0.717, 1.165) is 24.0 Å². The van der Waals surface area contributed by atoms with Crippen LogP contribution in [0.3, 0.4) is 0 Å². The monoisotopic (exact) mass is 417 g/mol. The normalized spacial score (nSPS) is 11.8. The van der Waals surface area contributed by atoms with Crippen LogP contribution in [0, 0.1) is 3.57 Å². The van der Waals surface area contributed by atoms with Gasteiger partial charge >= 0.3 is 0 Å². The zero-order chi connectivity index (χ0) is 15.3. The molecule has 0 atom stereocenters. The van der Waals surface area contributed by atoms with Crippen LogP contribution in [0.5, 0.6) is 0 Å². The second-order valence-electron chi connectivity index (χ2n) is 5.78. The lowest BCUT2D eigenvalue weighted by Gasteiger charge is -2.20. The highest BCUT2D eigenvalue weighted by Gasteiger charge is 2.10. The van der Waals surface area contributed by atoms with Crippen molar-refractivity contribution in [3.05, 3.63) is 33.4 Å². The van der Waals surface area contributed by atoms with Crippen LogP contribution in [-0.4, -0.2) is 32.3 Å². The molecule has 0 bridgehead atoms. The van der Waals surface area contributed by atoms with Gasteiger partial charge in [-0.15, -0.1) is 5.10 Å². The number of benzene rings is 1. The van der Waals surface area contributed by atoms with E-state index in [9.17, 15) is 0 Å². The van der Waals surface area contributed by atoms with Crippen molar-refractivity contribution in [2.45, 2.75) is 43.8 Å². The van der Waals surface area contributed by atoms with Crippen molar-refractivity contribution in [2.75, 3.05) is 6.54 Å². The zero-order valence-corrected chi connectivity index (χ0v) is 15.5. The lowest BCUT2D eigenvalue weighted by Crippen LogP contribution is -2.38. The predicted molar refractivity (Wildman–Crippen MR) is 94.3 cm³/mol. The summed E-state index contributed by atoms with van der Waals surface area (Å²) >= 11 is 3.98. The first-order valence-electron chi connectivity index (χ1n) is 6.82. The molecule has 0 spiro atoms. The van der Waals surface area contributed by atoms with E-state index < -0.39 is 0 Å². The van der Waals surface area contributed by atoms with Crippen molar-refractivity contribution in [3.63, 3.8) is 0 Å². The molecule has 114 valence electrons. The van der Waals surface area contributed by atoms with E-state index in [-0.39, 0.29) is 5.54 Å². The number of hydrogen-bond acceptors (Lipinski definition) is 5. The molecule has 21 heavy (non-hydrogen) atoms. The minimum absolute atomic E-state index is 0.114. The van der Waals surface area contributed by atoms with E-state index in [1.165, 1.54) is 9.13 Å². The molecule has 2 aromatic rings. The maximum absolute atomic E-state index is 4.10. The van der Waals surface area contributed by atoms with Gasteiger partial charge in [0.05, 0.1) is 6.54 Å². The van der Waals surface area contributed by atoms with Crippen LogP contribution < -0.4 is 5.32 Å². The van der Waals surface area contributed by atoms with Crippen molar-refractivity contribution >= 4 is 34.4 Å². The lowest BCUT2D eigenvalue weighted by atomic mass is 10.1. The smallest absolute Gasteiger partial charge is 0.209 e. The van der Waals surface area contributed by atoms with Gasteiger partial charge in [0, 0.05) is 21.4 Å². The number of nitrogens with zero attached hydrogens (tertiary/aromatic N) is 4. The summed E-state index contributed by atoms with van der Waals surface area (Å²) in [6, 6.07) is 8.52. The molecule has 0 aliphatic carbocycles. The fourth-order valence-electron chi connectivity index (χ4n) is 1.71. The number of tetrazole rings is 1. The van der Waals surface area contributed by atoms with Gasteiger partial charge < -0.3 is 5.32 Å². The molecular weight excluding hydrogens is 397 g/mol. The Balaban J connectivity index is 1.86. The van der Waals surface area contributed by atoms with Crippen LogP contribution in [-0.2, 0) is 12.3 Å². The number of nitrogens with one attached hydrogen (secondary N) is 1. The molecule has 0 radical (unpaired) electrons. The molecule has 0 unspecified atom stereocenters. The van der Waals surface area contributed by atoms with Gasteiger partial charge in [0.1, 0.15) is 0 Å².